The smallest absolute Gasteiger partial charge is 0.241 e. The number of hydrogen-bond acceptors (Lipinski definition) is 4. The first-order valence-electron chi connectivity index (χ1n) is 8.01. The minimum absolute atomic E-state index is 0.0879. The molecule has 2 aliphatic rings. The summed E-state index contributed by atoms with van der Waals surface area (Å²) in [5, 5.41) is 2.61. The van der Waals surface area contributed by atoms with E-state index in [1.165, 1.54) is 12.1 Å². The minimum atomic E-state index is -3.90. The van der Waals surface area contributed by atoms with Gasteiger partial charge in [0, 0.05) is 5.02 Å². The van der Waals surface area contributed by atoms with E-state index in [1.807, 2.05) is 6.92 Å². The number of nitrogens with one attached hydrogen (secondary N) is 2. The molecular weight excluding hydrogens is 376 g/mol. The van der Waals surface area contributed by atoms with Crippen molar-refractivity contribution in [2.45, 2.75) is 23.8 Å². The Hall–Kier alpha value is -2.22. The predicted octanol–water partition coefficient (Wildman–Crippen LogP) is 2.04. The van der Waals surface area contributed by atoms with E-state index in [0.29, 0.717) is 16.1 Å². The largest absolute Gasteiger partial charge is 0.296 e. The van der Waals surface area contributed by atoms with Crippen LogP contribution in [0.2, 0.25) is 5.02 Å². The predicted molar refractivity (Wildman–Crippen MR) is 95.1 cm³/mol. The van der Waals surface area contributed by atoms with Crippen LogP contribution in [0.25, 0.3) is 0 Å². The lowest BCUT2D eigenvalue weighted by molar-refractivity contribution is -0.126. The van der Waals surface area contributed by atoms with Gasteiger partial charge in [0.05, 0.1) is 22.8 Å². The van der Waals surface area contributed by atoms with Gasteiger partial charge in [0.2, 0.25) is 21.8 Å². The normalized spacial score (nSPS) is 24.3. The van der Waals surface area contributed by atoms with Crippen molar-refractivity contribution in [2.75, 3.05) is 0 Å². The molecule has 3 atom stereocenters. The van der Waals surface area contributed by atoms with E-state index in [9.17, 15) is 18.0 Å². The summed E-state index contributed by atoms with van der Waals surface area (Å²) in [4.78, 5) is 24.6. The standard InChI is InChI=1S/C18H15ClN2O4S/c1-9-5-7-10(8-6-9)26(24,25)21-16-13-11(3-2-4-12(13)19)14-15(16)18(23)20-17(14)22/h2-8,14-16,21H,1H3,(H,20,22,23)/t14-,15-,16-/m1/s1. The number of rotatable bonds is 3. The number of benzene rings is 2. The maximum absolute atomic E-state index is 12.8. The molecule has 0 saturated carbocycles. The number of carbonyl (C=O) groups is 2. The van der Waals surface area contributed by atoms with Crippen LogP contribution in [0, 0.1) is 12.8 Å². The molecule has 8 heteroatoms. The lowest BCUT2D eigenvalue weighted by Gasteiger charge is -2.20. The molecule has 1 saturated heterocycles. The first-order valence-corrected chi connectivity index (χ1v) is 9.88. The molecule has 2 aromatic carbocycles. The van der Waals surface area contributed by atoms with Crippen LogP contribution < -0.4 is 10.0 Å². The van der Waals surface area contributed by atoms with E-state index < -0.39 is 39.7 Å². The molecule has 1 heterocycles. The number of sulfonamides is 1. The topological polar surface area (TPSA) is 92.3 Å². The first-order chi connectivity index (χ1) is 12.3. The van der Waals surface area contributed by atoms with Gasteiger partial charge in [-0.2, -0.15) is 0 Å². The van der Waals surface area contributed by atoms with Gasteiger partial charge >= 0.3 is 0 Å². The zero-order valence-corrected chi connectivity index (χ0v) is 15.3. The Balaban J connectivity index is 1.80. The zero-order chi connectivity index (χ0) is 18.6. The fourth-order valence-electron chi connectivity index (χ4n) is 3.69. The van der Waals surface area contributed by atoms with Crippen molar-refractivity contribution < 1.29 is 18.0 Å². The second kappa shape index (κ2) is 5.90. The fourth-order valence-corrected chi connectivity index (χ4v) is 5.22. The number of aryl methyl sites for hydroxylation is 1. The summed E-state index contributed by atoms with van der Waals surface area (Å²) >= 11 is 6.29. The highest BCUT2D eigenvalue weighted by atomic mass is 35.5. The molecule has 2 amide bonds. The Morgan fingerprint density at radius 3 is 2.42 bits per heavy atom. The summed E-state index contributed by atoms with van der Waals surface area (Å²) in [7, 11) is -3.90. The Kier molecular flexibility index (Phi) is 3.91. The summed E-state index contributed by atoms with van der Waals surface area (Å²) in [6.07, 6.45) is 0. The SMILES string of the molecule is Cc1ccc(S(=O)(=O)N[C@@H]2c3c(Cl)cccc3[C@H]3C(=O)NC(=O)[C@@H]23)cc1. The van der Waals surface area contributed by atoms with E-state index in [4.69, 9.17) is 11.6 Å². The van der Waals surface area contributed by atoms with Crippen molar-refractivity contribution in [1.29, 1.82) is 0 Å². The number of fused-ring (bicyclic) bond motifs is 3. The van der Waals surface area contributed by atoms with Crippen LogP contribution in [0.1, 0.15) is 28.7 Å². The molecule has 6 nitrogen and oxygen atoms in total. The average Bonchev–Trinajstić information content (AvgIpc) is 3.05. The van der Waals surface area contributed by atoms with Crippen LogP contribution in [0.5, 0.6) is 0 Å². The molecule has 134 valence electrons. The molecule has 0 spiro atoms. The molecule has 1 aliphatic heterocycles. The minimum Gasteiger partial charge on any atom is -0.296 e. The summed E-state index contributed by atoms with van der Waals surface area (Å²) in [5.41, 5.74) is 2.00. The third-order valence-corrected chi connectivity index (χ3v) is 6.68. The van der Waals surface area contributed by atoms with Gasteiger partial charge in [-0.05, 0) is 36.2 Å². The second-order valence-corrected chi connectivity index (χ2v) is 8.63. The maximum Gasteiger partial charge on any atom is 0.241 e. The average molecular weight is 391 g/mol. The number of amides is 2. The number of halogens is 1. The van der Waals surface area contributed by atoms with Crippen LogP contribution in [0.4, 0.5) is 0 Å². The lowest BCUT2D eigenvalue weighted by Crippen LogP contribution is -2.35. The summed E-state index contributed by atoms with van der Waals surface area (Å²) in [5.74, 6) is -2.51. The van der Waals surface area contributed by atoms with Gasteiger partial charge < -0.3 is 0 Å². The molecule has 1 aliphatic carbocycles. The monoisotopic (exact) mass is 390 g/mol. The van der Waals surface area contributed by atoms with E-state index in [1.54, 1.807) is 30.3 Å². The molecule has 2 aromatic rings. The first kappa shape index (κ1) is 17.2. The third kappa shape index (κ3) is 2.55. The highest BCUT2D eigenvalue weighted by Crippen LogP contribution is 2.50. The molecule has 0 radical (unpaired) electrons. The zero-order valence-electron chi connectivity index (χ0n) is 13.7. The summed E-state index contributed by atoms with van der Waals surface area (Å²) < 4.78 is 28.2. The molecule has 4 rings (SSSR count). The van der Waals surface area contributed by atoms with Crippen molar-refractivity contribution in [2.24, 2.45) is 5.92 Å². The summed E-state index contributed by atoms with van der Waals surface area (Å²) in [6.45, 7) is 1.86. The van der Waals surface area contributed by atoms with Gasteiger partial charge in [0.1, 0.15) is 0 Å². The Labute approximate surface area is 155 Å². The van der Waals surface area contributed by atoms with Crippen LogP contribution in [0.3, 0.4) is 0 Å². The maximum atomic E-state index is 12.8. The highest BCUT2D eigenvalue weighted by molar-refractivity contribution is 7.89. The number of hydrogen-bond donors (Lipinski definition) is 2. The molecular formula is C18H15ClN2O4S. The van der Waals surface area contributed by atoms with Crippen molar-refractivity contribution >= 4 is 33.4 Å². The molecule has 0 aromatic heterocycles. The molecule has 2 N–H and O–H groups in total. The van der Waals surface area contributed by atoms with Gasteiger partial charge in [-0.15, -0.1) is 0 Å². The van der Waals surface area contributed by atoms with Gasteiger partial charge in [0.25, 0.3) is 0 Å². The van der Waals surface area contributed by atoms with Gasteiger partial charge in [-0.1, -0.05) is 41.4 Å². The summed E-state index contributed by atoms with van der Waals surface area (Å²) in [6, 6.07) is 10.5. The van der Waals surface area contributed by atoms with Crippen LogP contribution in [-0.2, 0) is 19.6 Å². The van der Waals surface area contributed by atoms with Crippen molar-refractivity contribution in [3.63, 3.8) is 0 Å². The number of imide groups is 1. The Morgan fingerprint density at radius 2 is 1.73 bits per heavy atom. The van der Waals surface area contributed by atoms with Crippen LogP contribution in [-0.4, -0.2) is 20.2 Å². The van der Waals surface area contributed by atoms with E-state index in [0.717, 1.165) is 5.56 Å². The molecule has 1 fully saturated rings. The van der Waals surface area contributed by atoms with Crippen LogP contribution >= 0.6 is 11.6 Å². The lowest BCUT2D eigenvalue weighted by atomic mass is 9.94. The Morgan fingerprint density at radius 1 is 1.04 bits per heavy atom. The molecule has 0 unspecified atom stereocenters. The Bertz CT molecular complexity index is 1030. The van der Waals surface area contributed by atoms with E-state index >= 15 is 0 Å². The van der Waals surface area contributed by atoms with Gasteiger partial charge in [0.15, 0.2) is 0 Å². The van der Waals surface area contributed by atoms with Crippen molar-refractivity contribution in [3.05, 3.63) is 64.2 Å². The third-order valence-electron chi connectivity index (χ3n) is 4.90. The molecule has 26 heavy (non-hydrogen) atoms. The quantitative estimate of drug-likeness (QED) is 0.784. The highest BCUT2D eigenvalue weighted by Gasteiger charge is 2.54. The van der Waals surface area contributed by atoms with Crippen LogP contribution in [0.15, 0.2) is 47.4 Å². The van der Waals surface area contributed by atoms with E-state index in [2.05, 4.69) is 10.0 Å². The van der Waals surface area contributed by atoms with Crippen molar-refractivity contribution in [3.8, 4) is 0 Å². The number of carbonyl (C=O) groups excluding carboxylic acids is 2. The van der Waals surface area contributed by atoms with Crippen molar-refractivity contribution in [1.82, 2.24) is 10.0 Å². The molecule has 0 bridgehead atoms. The van der Waals surface area contributed by atoms with Gasteiger partial charge in [-0.3, -0.25) is 14.9 Å². The van der Waals surface area contributed by atoms with E-state index in [-0.39, 0.29) is 4.90 Å². The fraction of sp³-hybridized carbons (Fsp3) is 0.222. The second-order valence-electron chi connectivity index (χ2n) is 6.51. The van der Waals surface area contributed by atoms with Gasteiger partial charge in [-0.25, -0.2) is 13.1 Å².